The van der Waals surface area contributed by atoms with Gasteiger partial charge in [0.15, 0.2) is 0 Å². The highest BCUT2D eigenvalue weighted by Gasteiger charge is 2.61. The average molecular weight is 397 g/mol. The molecule has 1 N–H and O–H groups in total. The van der Waals surface area contributed by atoms with Crippen molar-refractivity contribution in [2.75, 3.05) is 41.7 Å². The van der Waals surface area contributed by atoms with E-state index in [0.29, 0.717) is 36.7 Å². The summed E-state index contributed by atoms with van der Waals surface area (Å²) < 4.78 is 29.7. The largest absolute Gasteiger partial charge is 0.381 e. The molecule has 12 atom stereocenters. The fourth-order valence-electron chi connectivity index (χ4n) is 8.07. The second-order valence-corrected chi connectivity index (χ2v) is 9.97. The Morgan fingerprint density at radius 3 is 2.29 bits per heavy atom. The number of ether oxygens (including phenoxy) is 5. The Labute approximate surface area is 169 Å². The van der Waals surface area contributed by atoms with E-state index in [1.165, 1.54) is 19.4 Å². The quantitative estimate of drug-likeness (QED) is 0.763. The van der Waals surface area contributed by atoms with Gasteiger partial charge in [-0.3, -0.25) is 0 Å². The summed E-state index contributed by atoms with van der Waals surface area (Å²) in [6.45, 7) is 1.63. The van der Waals surface area contributed by atoms with E-state index in [-0.39, 0.29) is 24.4 Å². The summed E-state index contributed by atoms with van der Waals surface area (Å²) in [6, 6.07) is 0.701. The first-order valence-electron chi connectivity index (χ1n) is 11.3. The van der Waals surface area contributed by atoms with Crippen LogP contribution >= 0.6 is 0 Å². The summed E-state index contributed by atoms with van der Waals surface area (Å²) in [7, 11) is 8.01. The molecule has 0 radical (unpaired) electrons. The van der Waals surface area contributed by atoms with Crippen LogP contribution in [0, 0.1) is 29.6 Å². The molecular weight excluding hydrogens is 358 g/mol. The molecule has 0 aromatic carbocycles. The molecule has 0 amide bonds. The molecule has 0 aromatic rings. The van der Waals surface area contributed by atoms with E-state index in [1.807, 2.05) is 21.3 Å². The fraction of sp³-hybridized carbons (Fsp3) is 1.00. The third kappa shape index (κ3) is 2.98. The molecule has 5 fully saturated rings. The van der Waals surface area contributed by atoms with Gasteiger partial charge < -0.3 is 28.6 Å². The fourth-order valence-corrected chi connectivity index (χ4v) is 8.07. The van der Waals surface area contributed by atoms with Crippen LogP contribution < -0.4 is 4.90 Å². The average Bonchev–Trinajstić information content (AvgIpc) is 3.20. The minimum absolute atomic E-state index is 0.224. The van der Waals surface area contributed by atoms with E-state index in [0.717, 1.165) is 31.1 Å². The molecule has 2 heterocycles. The van der Waals surface area contributed by atoms with Gasteiger partial charge in [0.05, 0.1) is 50.2 Å². The van der Waals surface area contributed by atoms with Gasteiger partial charge >= 0.3 is 0 Å². The van der Waals surface area contributed by atoms with E-state index in [9.17, 15) is 0 Å². The maximum Gasteiger partial charge on any atom is 0.147 e. The van der Waals surface area contributed by atoms with Crippen molar-refractivity contribution in [3.05, 3.63) is 0 Å². The number of piperidine rings is 1. The first kappa shape index (κ1) is 19.7. The van der Waals surface area contributed by atoms with Crippen LogP contribution in [0.25, 0.3) is 0 Å². The van der Waals surface area contributed by atoms with Crippen LogP contribution in [0.15, 0.2) is 0 Å². The molecule has 6 heteroatoms. The van der Waals surface area contributed by atoms with Crippen molar-refractivity contribution in [3.8, 4) is 0 Å². The molecule has 6 nitrogen and oxygen atoms in total. The molecule has 0 aromatic heterocycles. The van der Waals surface area contributed by atoms with Crippen molar-refractivity contribution >= 4 is 0 Å². The Kier molecular flexibility index (Phi) is 5.48. The van der Waals surface area contributed by atoms with Gasteiger partial charge in [-0.25, -0.2) is 0 Å². The lowest BCUT2D eigenvalue weighted by molar-refractivity contribution is -0.929. The minimum Gasteiger partial charge on any atom is -0.381 e. The zero-order valence-electron chi connectivity index (χ0n) is 17.8. The third-order valence-corrected chi connectivity index (χ3v) is 9.10. The maximum absolute atomic E-state index is 6.09. The molecule has 5 aliphatic rings. The van der Waals surface area contributed by atoms with Gasteiger partial charge in [0.1, 0.15) is 6.79 Å². The second-order valence-electron chi connectivity index (χ2n) is 9.97. The van der Waals surface area contributed by atoms with E-state index in [4.69, 9.17) is 23.7 Å². The molecule has 0 bridgehead atoms. The Balaban J connectivity index is 1.42. The van der Waals surface area contributed by atoms with Crippen molar-refractivity contribution in [1.82, 2.24) is 0 Å². The Morgan fingerprint density at radius 2 is 1.54 bits per heavy atom. The summed E-state index contributed by atoms with van der Waals surface area (Å²) in [4.78, 5) is 1.69. The highest BCUT2D eigenvalue weighted by molar-refractivity contribution is 5.05. The van der Waals surface area contributed by atoms with Crippen LogP contribution in [-0.2, 0) is 23.7 Å². The van der Waals surface area contributed by atoms with E-state index in [1.54, 1.807) is 4.90 Å². The summed E-state index contributed by atoms with van der Waals surface area (Å²) in [6.07, 6.45) is 7.20. The van der Waals surface area contributed by atoms with Crippen LogP contribution in [0.5, 0.6) is 0 Å². The van der Waals surface area contributed by atoms with Crippen molar-refractivity contribution in [3.63, 3.8) is 0 Å². The van der Waals surface area contributed by atoms with Gasteiger partial charge in [0, 0.05) is 51.4 Å². The van der Waals surface area contributed by atoms with Crippen LogP contribution in [0.2, 0.25) is 0 Å². The van der Waals surface area contributed by atoms with Crippen LogP contribution in [0.1, 0.15) is 32.1 Å². The summed E-state index contributed by atoms with van der Waals surface area (Å²) >= 11 is 0. The zero-order chi connectivity index (χ0) is 19.4. The van der Waals surface area contributed by atoms with E-state index in [2.05, 4.69) is 7.05 Å². The van der Waals surface area contributed by atoms with Crippen molar-refractivity contribution < 1.29 is 28.6 Å². The molecule has 3 aliphatic carbocycles. The van der Waals surface area contributed by atoms with Gasteiger partial charge in [-0.1, -0.05) is 0 Å². The zero-order valence-corrected chi connectivity index (χ0v) is 17.8. The highest BCUT2D eigenvalue weighted by atomic mass is 16.7. The SMILES string of the molecule is COC1CC2CCC3C4C(OC)CC5OCOC5C4C[NH+](C)C3C2CC1OC. The number of hydrogen-bond acceptors (Lipinski definition) is 5. The molecule has 12 unspecified atom stereocenters. The first-order chi connectivity index (χ1) is 13.7. The number of hydrogen-bond donors (Lipinski definition) is 1. The van der Waals surface area contributed by atoms with Gasteiger partial charge in [-0.2, -0.15) is 0 Å². The van der Waals surface area contributed by atoms with Crippen molar-refractivity contribution in [1.29, 1.82) is 0 Å². The monoisotopic (exact) mass is 396 g/mol. The predicted molar refractivity (Wildman–Crippen MR) is 103 cm³/mol. The first-order valence-corrected chi connectivity index (χ1v) is 11.3. The summed E-state index contributed by atoms with van der Waals surface area (Å²) in [5.41, 5.74) is 0. The molecule has 0 spiro atoms. The maximum atomic E-state index is 6.09. The summed E-state index contributed by atoms with van der Waals surface area (Å²) in [5.74, 6) is 3.37. The molecule has 160 valence electrons. The third-order valence-electron chi connectivity index (χ3n) is 9.10. The van der Waals surface area contributed by atoms with Gasteiger partial charge in [0.25, 0.3) is 0 Å². The molecule has 3 saturated carbocycles. The van der Waals surface area contributed by atoms with E-state index >= 15 is 0 Å². The predicted octanol–water partition coefficient (Wildman–Crippen LogP) is 0.742. The Bertz CT molecular complexity index is 561. The highest BCUT2D eigenvalue weighted by Crippen LogP contribution is 2.51. The number of fused-ring (bicyclic) bond motifs is 7. The second kappa shape index (κ2) is 7.78. The lowest BCUT2D eigenvalue weighted by Gasteiger charge is -2.58. The topological polar surface area (TPSA) is 50.6 Å². The number of nitrogens with one attached hydrogen (secondary N) is 1. The normalized spacial score (nSPS) is 55.7. The molecule has 28 heavy (non-hydrogen) atoms. The number of quaternary nitrogens is 1. The molecule has 2 aliphatic heterocycles. The van der Waals surface area contributed by atoms with E-state index < -0.39 is 0 Å². The minimum atomic E-state index is 0.224. The van der Waals surface area contributed by atoms with Gasteiger partial charge in [-0.15, -0.1) is 0 Å². The number of likely N-dealkylation sites (tertiary alicyclic amines) is 1. The van der Waals surface area contributed by atoms with Crippen LogP contribution in [0.3, 0.4) is 0 Å². The summed E-state index contributed by atoms with van der Waals surface area (Å²) in [5, 5.41) is 0. The number of methoxy groups -OCH3 is 3. The molecule has 5 rings (SSSR count). The molecule has 2 saturated heterocycles. The van der Waals surface area contributed by atoms with Gasteiger partial charge in [0.2, 0.25) is 0 Å². The smallest absolute Gasteiger partial charge is 0.147 e. The standard InChI is InChI=1S/C22H37NO5/c1-23-10-15-20(18(26-4)9-19-22(15)28-11-27-19)13-6-5-12-7-16(24-2)17(25-3)8-14(12)21(13)23/h12-22H,5-11H2,1-4H3/p+1. The van der Waals surface area contributed by atoms with Crippen molar-refractivity contribution in [2.45, 2.75) is 68.7 Å². The van der Waals surface area contributed by atoms with Crippen LogP contribution in [-0.4, -0.2) is 78.3 Å². The number of rotatable bonds is 3. The lowest BCUT2D eigenvalue weighted by atomic mass is 9.54. The Hall–Kier alpha value is -0.240. The van der Waals surface area contributed by atoms with Crippen LogP contribution in [0.4, 0.5) is 0 Å². The van der Waals surface area contributed by atoms with Crippen molar-refractivity contribution in [2.24, 2.45) is 29.6 Å². The Morgan fingerprint density at radius 1 is 0.786 bits per heavy atom. The molecular formula is C22H38NO5+. The lowest BCUT2D eigenvalue weighted by Crippen LogP contribution is -3.18. The van der Waals surface area contributed by atoms with Gasteiger partial charge in [-0.05, 0) is 31.6 Å².